The maximum absolute atomic E-state index is 12.2. The van der Waals surface area contributed by atoms with Crippen LogP contribution in [0, 0.1) is 0 Å². The highest BCUT2D eigenvalue weighted by molar-refractivity contribution is 5.77. The lowest BCUT2D eigenvalue weighted by Gasteiger charge is -2.23. The zero-order chi connectivity index (χ0) is 16.7. The Balaban J connectivity index is 1.80. The first-order valence-electron chi connectivity index (χ1n) is 7.71. The average Bonchev–Trinajstić information content (AvgIpc) is 2.53. The van der Waals surface area contributed by atoms with Crippen molar-refractivity contribution in [2.24, 2.45) is 0 Å². The van der Waals surface area contributed by atoms with Crippen molar-refractivity contribution in [2.75, 3.05) is 19.7 Å². The van der Waals surface area contributed by atoms with Crippen molar-refractivity contribution in [1.29, 1.82) is 0 Å². The number of hydrogen-bond acceptors (Lipinski definition) is 4. The van der Waals surface area contributed by atoms with Crippen LogP contribution in [0.2, 0.25) is 0 Å². The molecule has 0 spiro atoms. The number of piperidine rings is 1. The third-order valence-electron chi connectivity index (χ3n) is 3.70. The molecule has 0 aromatic heterocycles. The maximum atomic E-state index is 12.2. The average molecular weight is 328 g/mol. The molecule has 1 saturated heterocycles. The minimum absolute atomic E-state index is 0.00221. The second-order valence-electron chi connectivity index (χ2n) is 5.50. The number of benzene rings is 1. The molecular weight excluding hydrogens is 306 g/mol. The van der Waals surface area contributed by atoms with Crippen molar-refractivity contribution >= 4 is 5.91 Å². The number of carbonyl (C=O) groups excluding carboxylic acids is 1. The molecule has 7 heteroatoms. The molecule has 1 aliphatic heterocycles. The number of rotatable bonds is 7. The van der Waals surface area contributed by atoms with E-state index in [1.54, 1.807) is 19.1 Å². The van der Waals surface area contributed by atoms with Crippen LogP contribution < -0.4 is 15.4 Å². The number of carbonyl (C=O) groups is 1. The van der Waals surface area contributed by atoms with E-state index in [2.05, 4.69) is 15.4 Å². The van der Waals surface area contributed by atoms with Gasteiger partial charge < -0.3 is 20.1 Å². The van der Waals surface area contributed by atoms with E-state index in [1.165, 1.54) is 12.1 Å². The molecule has 1 aliphatic rings. The van der Waals surface area contributed by atoms with Crippen molar-refractivity contribution in [3.63, 3.8) is 0 Å². The molecule has 2 rings (SSSR count). The van der Waals surface area contributed by atoms with Gasteiger partial charge in [0.25, 0.3) is 0 Å². The first kappa shape index (κ1) is 17.6. The van der Waals surface area contributed by atoms with Gasteiger partial charge in [-0.2, -0.15) is 8.78 Å². The monoisotopic (exact) mass is 328 g/mol. The van der Waals surface area contributed by atoms with Gasteiger partial charge in [0.05, 0.1) is 12.1 Å². The summed E-state index contributed by atoms with van der Waals surface area (Å²) < 4.78 is 34.4. The lowest BCUT2D eigenvalue weighted by atomic mass is 10.1. The fraction of sp³-hybridized carbons (Fsp3) is 0.562. The largest absolute Gasteiger partial charge is 0.435 e. The van der Waals surface area contributed by atoms with Crippen molar-refractivity contribution in [1.82, 2.24) is 10.6 Å². The molecular formula is C16H22F2N2O3. The van der Waals surface area contributed by atoms with Gasteiger partial charge in [0.2, 0.25) is 5.91 Å². The summed E-state index contributed by atoms with van der Waals surface area (Å²) in [5.41, 5.74) is 0.693. The summed E-state index contributed by atoms with van der Waals surface area (Å²) in [5, 5.41) is 6.02. The molecule has 0 saturated carbocycles. The number of nitrogens with one attached hydrogen (secondary N) is 2. The van der Waals surface area contributed by atoms with Crippen molar-refractivity contribution in [2.45, 2.75) is 38.5 Å². The fourth-order valence-electron chi connectivity index (χ4n) is 2.48. The summed E-state index contributed by atoms with van der Waals surface area (Å²) in [4.78, 5) is 11.9. The van der Waals surface area contributed by atoms with Crippen LogP contribution in [-0.4, -0.2) is 38.3 Å². The zero-order valence-corrected chi connectivity index (χ0v) is 13.1. The van der Waals surface area contributed by atoms with Crippen LogP contribution in [0.3, 0.4) is 0 Å². The highest BCUT2D eigenvalue weighted by Gasteiger charge is 2.16. The van der Waals surface area contributed by atoms with Gasteiger partial charge in [0.15, 0.2) is 0 Å². The quantitative estimate of drug-likeness (QED) is 0.806. The molecule has 2 N–H and O–H groups in total. The van der Waals surface area contributed by atoms with Gasteiger partial charge in [-0.25, -0.2) is 0 Å². The van der Waals surface area contributed by atoms with Crippen molar-refractivity contribution < 1.29 is 23.0 Å². The van der Waals surface area contributed by atoms with Gasteiger partial charge in [-0.05, 0) is 50.6 Å². The van der Waals surface area contributed by atoms with E-state index in [0.29, 0.717) is 5.56 Å². The van der Waals surface area contributed by atoms with Crippen LogP contribution in [-0.2, 0) is 9.53 Å². The topological polar surface area (TPSA) is 59.6 Å². The van der Waals surface area contributed by atoms with E-state index in [0.717, 1.165) is 25.9 Å². The first-order chi connectivity index (χ1) is 11.0. The summed E-state index contributed by atoms with van der Waals surface area (Å²) in [6, 6.07) is 5.98. The van der Waals surface area contributed by atoms with Crippen LogP contribution in [0.5, 0.6) is 5.75 Å². The molecule has 1 fully saturated rings. The Morgan fingerprint density at radius 2 is 2.13 bits per heavy atom. The van der Waals surface area contributed by atoms with Gasteiger partial charge in [0, 0.05) is 0 Å². The Morgan fingerprint density at radius 3 is 2.83 bits per heavy atom. The van der Waals surface area contributed by atoms with Crippen LogP contribution in [0.15, 0.2) is 24.3 Å². The lowest BCUT2D eigenvalue weighted by molar-refractivity contribution is -0.128. The number of halogens is 2. The molecule has 1 amide bonds. The van der Waals surface area contributed by atoms with Gasteiger partial charge in [-0.15, -0.1) is 0 Å². The SMILES string of the molecule is CC(NC(=O)COC1CCNCC1)c1cccc(OC(F)F)c1. The Morgan fingerprint density at radius 1 is 1.39 bits per heavy atom. The third kappa shape index (κ3) is 6.11. The standard InChI is InChI=1S/C16H22F2N2O3/c1-11(12-3-2-4-14(9-12)23-16(17)18)20-15(21)10-22-13-5-7-19-8-6-13/h2-4,9,11,13,16,19H,5-8,10H2,1H3,(H,20,21). The van der Waals surface area contributed by atoms with Gasteiger partial charge in [-0.3, -0.25) is 4.79 Å². The molecule has 0 bridgehead atoms. The second kappa shape index (κ2) is 8.79. The van der Waals surface area contributed by atoms with Crippen LogP contribution in [0.1, 0.15) is 31.4 Å². The van der Waals surface area contributed by atoms with Crippen molar-refractivity contribution in [3.8, 4) is 5.75 Å². The van der Waals surface area contributed by atoms with E-state index < -0.39 is 6.61 Å². The van der Waals surface area contributed by atoms with E-state index in [4.69, 9.17) is 4.74 Å². The molecule has 1 heterocycles. The zero-order valence-electron chi connectivity index (χ0n) is 13.1. The molecule has 0 radical (unpaired) electrons. The highest BCUT2D eigenvalue weighted by Crippen LogP contribution is 2.20. The van der Waals surface area contributed by atoms with E-state index in [9.17, 15) is 13.6 Å². The van der Waals surface area contributed by atoms with Crippen molar-refractivity contribution in [3.05, 3.63) is 29.8 Å². The minimum atomic E-state index is -2.87. The molecule has 1 unspecified atom stereocenters. The minimum Gasteiger partial charge on any atom is -0.435 e. The molecule has 5 nitrogen and oxygen atoms in total. The van der Waals surface area contributed by atoms with Crippen LogP contribution >= 0.6 is 0 Å². The van der Waals surface area contributed by atoms with E-state index in [1.807, 2.05) is 0 Å². The van der Waals surface area contributed by atoms with E-state index in [-0.39, 0.29) is 30.4 Å². The van der Waals surface area contributed by atoms with Crippen LogP contribution in [0.4, 0.5) is 8.78 Å². The Labute approximate surface area is 134 Å². The molecule has 1 atom stereocenters. The predicted molar refractivity (Wildman–Crippen MR) is 81.5 cm³/mol. The third-order valence-corrected chi connectivity index (χ3v) is 3.70. The lowest BCUT2D eigenvalue weighted by Crippen LogP contribution is -2.36. The summed E-state index contributed by atoms with van der Waals surface area (Å²) >= 11 is 0. The number of alkyl halides is 2. The number of ether oxygens (including phenoxy) is 2. The Kier molecular flexibility index (Phi) is 6.73. The second-order valence-corrected chi connectivity index (χ2v) is 5.50. The van der Waals surface area contributed by atoms with Gasteiger partial charge in [0.1, 0.15) is 12.4 Å². The summed E-state index contributed by atoms with van der Waals surface area (Å²) in [7, 11) is 0. The summed E-state index contributed by atoms with van der Waals surface area (Å²) in [6.07, 6.45) is 1.91. The smallest absolute Gasteiger partial charge is 0.387 e. The molecule has 0 aliphatic carbocycles. The molecule has 1 aromatic rings. The maximum Gasteiger partial charge on any atom is 0.387 e. The van der Waals surface area contributed by atoms with Gasteiger partial charge >= 0.3 is 6.61 Å². The Bertz CT molecular complexity index is 508. The molecule has 128 valence electrons. The molecule has 1 aromatic carbocycles. The van der Waals surface area contributed by atoms with Crippen LogP contribution in [0.25, 0.3) is 0 Å². The summed E-state index contributed by atoms with van der Waals surface area (Å²) in [6.45, 7) is 0.722. The van der Waals surface area contributed by atoms with Gasteiger partial charge in [-0.1, -0.05) is 12.1 Å². The number of amides is 1. The molecule has 23 heavy (non-hydrogen) atoms. The predicted octanol–water partition coefficient (Wildman–Crippen LogP) is 2.23. The normalized spacial score (nSPS) is 17.0. The fourth-order valence-corrected chi connectivity index (χ4v) is 2.48. The highest BCUT2D eigenvalue weighted by atomic mass is 19.3. The first-order valence-corrected chi connectivity index (χ1v) is 7.71. The number of hydrogen-bond donors (Lipinski definition) is 2. The van der Waals surface area contributed by atoms with E-state index >= 15 is 0 Å². The summed E-state index contributed by atoms with van der Waals surface area (Å²) in [5.74, 6) is -0.152. The Hall–Kier alpha value is -1.73.